The molecule has 0 aliphatic heterocycles. The number of aldehydes is 1. The molecule has 5 heteroatoms. The smallest absolute Gasteiger partial charge is 0.149 e. The Morgan fingerprint density at radius 1 is 1.50 bits per heavy atom. The van der Waals surface area contributed by atoms with Gasteiger partial charge in [-0.05, 0) is 12.1 Å². The highest BCUT2D eigenvalue weighted by Gasteiger charge is 2.11. The third-order valence-corrected chi connectivity index (χ3v) is 3.57. The fraction of sp³-hybridized carbons (Fsp3) is 0.545. The molecule has 0 aliphatic rings. The summed E-state index contributed by atoms with van der Waals surface area (Å²) in [5.74, 6) is 5.60. The second-order valence-electron chi connectivity index (χ2n) is 4.87. The van der Waals surface area contributed by atoms with Crippen LogP contribution < -0.4 is 5.84 Å². The fourth-order valence-electron chi connectivity index (χ4n) is 0.822. The summed E-state index contributed by atoms with van der Waals surface area (Å²) in [7, 11) is -1.03. The van der Waals surface area contributed by atoms with Gasteiger partial charge in [-0.15, -0.1) is 0 Å². The van der Waals surface area contributed by atoms with Crippen LogP contribution in [0.2, 0.25) is 25.7 Å². The molecule has 0 spiro atoms. The van der Waals surface area contributed by atoms with Crippen LogP contribution in [0.25, 0.3) is 0 Å². The van der Waals surface area contributed by atoms with E-state index in [2.05, 4.69) is 26.2 Å². The molecule has 4 nitrogen and oxygen atoms in total. The van der Waals surface area contributed by atoms with E-state index in [1.54, 1.807) is 12.3 Å². The van der Waals surface area contributed by atoms with Crippen LogP contribution >= 0.6 is 0 Å². The highest BCUT2D eigenvalue weighted by atomic mass is 28.3. The average molecular weight is 242 g/mol. The van der Waals surface area contributed by atoms with Gasteiger partial charge in [-0.3, -0.25) is 9.80 Å². The largest absolute Gasteiger partial charge is 0.360 e. The van der Waals surface area contributed by atoms with E-state index < -0.39 is 8.07 Å². The van der Waals surface area contributed by atoms with Gasteiger partial charge in [0.2, 0.25) is 0 Å². The molecule has 0 bridgehead atoms. The Hall–Kier alpha value is -0.913. The monoisotopic (exact) mass is 242 g/mol. The summed E-state index contributed by atoms with van der Waals surface area (Å²) in [6, 6.07) is 1.12. The second-order valence-corrected chi connectivity index (χ2v) is 10.5. The number of allylic oxidation sites excluding steroid dienone is 2. The van der Waals surface area contributed by atoms with Crippen LogP contribution in [0.1, 0.15) is 0 Å². The summed E-state index contributed by atoms with van der Waals surface area (Å²) in [5.41, 5.74) is 0.387. The minimum Gasteiger partial charge on any atom is -0.360 e. The van der Waals surface area contributed by atoms with Gasteiger partial charge < -0.3 is 4.74 Å². The first-order valence-electron chi connectivity index (χ1n) is 5.26. The van der Waals surface area contributed by atoms with Crippen LogP contribution in [0.3, 0.4) is 0 Å². The molecule has 0 saturated heterocycles. The molecule has 0 heterocycles. The fourth-order valence-corrected chi connectivity index (χ4v) is 1.58. The molecule has 0 radical (unpaired) electrons. The third kappa shape index (κ3) is 9.63. The molecule has 0 aromatic rings. The molecule has 0 aromatic carbocycles. The first-order valence-corrected chi connectivity index (χ1v) is 8.97. The van der Waals surface area contributed by atoms with E-state index >= 15 is 0 Å². The summed E-state index contributed by atoms with van der Waals surface area (Å²) in [4.78, 5) is 10.3. The van der Waals surface area contributed by atoms with Gasteiger partial charge in [0.25, 0.3) is 0 Å². The molecule has 0 atom stereocenters. The van der Waals surface area contributed by atoms with Crippen LogP contribution in [0, 0.1) is 0 Å². The molecule has 2 N–H and O–H groups in total. The third-order valence-electron chi connectivity index (χ3n) is 1.87. The summed E-state index contributed by atoms with van der Waals surface area (Å²) >= 11 is 0. The van der Waals surface area contributed by atoms with Crippen molar-refractivity contribution in [3.63, 3.8) is 0 Å². The normalized spacial score (nSPS) is 11.8. The van der Waals surface area contributed by atoms with Crippen LogP contribution in [0.5, 0.6) is 0 Å². The van der Waals surface area contributed by atoms with Crippen molar-refractivity contribution in [3.05, 3.63) is 24.4 Å². The zero-order valence-electron chi connectivity index (χ0n) is 10.4. The number of hydrazine groups is 1. The quantitative estimate of drug-likeness (QED) is 0.103. The standard InChI is InChI=1S/C11H22N2O2Si/c1-11(9-14)5-6-13(12)10-15-7-8-16(2,3)4/h5-6,9H,1,7-8,10,12H2,2-4H3/b6-5-. The maximum Gasteiger partial charge on any atom is 0.149 e. The van der Waals surface area contributed by atoms with Crippen molar-refractivity contribution in [3.8, 4) is 0 Å². The number of carbonyl (C=O) groups excluding carboxylic acids is 1. The molecular formula is C11H22N2O2Si. The Morgan fingerprint density at radius 2 is 2.12 bits per heavy atom. The molecule has 0 aromatic heterocycles. The number of nitrogens with zero attached hydrogens (tertiary/aromatic N) is 1. The Balaban J connectivity index is 3.66. The van der Waals surface area contributed by atoms with E-state index in [9.17, 15) is 4.79 Å². The van der Waals surface area contributed by atoms with Gasteiger partial charge in [-0.1, -0.05) is 26.2 Å². The minimum atomic E-state index is -1.03. The molecule has 0 amide bonds. The lowest BCUT2D eigenvalue weighted by atomic mass is 10.3. The Kier molecular flexibility index (Phi) is 6.95. The van der Waals surface area contributed by atoms with Crippen molar-refractivity contribution in [2.24, 2.45) is 5.84 Å². The average Bonchev–Trinajstić information content (AvgIpc) is 2.19. The van der Waals surface area contributed by atoms with E-state index in [4.69, 9.17) is 10.6 Å². The van der Waals surface area contributed by atoms with E-state index in [0.29, 0.717) is 18.6 Å². The lowest BCUT2D eigenvalue weighted by Gasteiger charge is -2.18. The van der Waals surface area contributed by atoms with Crippen molar-refractivity contribution < 1.29 is 9.53 Å². The Bertz CT molecular complexity index is 259. The summed E-state index contributed by atoms with van der Waals surface area (Å²) in [6.07, 6.45) is 3.80. The van der Waals surface area contributed by atoms with Gasteiger partial charge >= 0.3 is 0 Å². The topological polar surface area (TPSA) is 55.6 Å². The molecule has 0 rings (SSSR count). The Labute approximate surface area is 98.7 Å². The molecule has 92 valence electrons. The maximum absolute atomic E-state index is 10.3. The molecule has 16 heavy (non-hydrogen) atoms. The number of hydrogen-bond acceptors (Lipinski definition) is 4. The maximum atomic E-state index is 10.3. The summed E-state index contributed by atoms with van der Waals surface area (Å²) in [6.45, 7) is 11.4. The van der Waals surface area contributed by atoms with E-state index in [-0.39, 0.29) is 0 Å². The van der Waals surface area contributed by atoms with Crippen LogP contribution in [0.4, 0.5) is 0 Å². The number of rotatable bonds is 8. The molecule has 0 fully saturated rings. The lowest BCUT2D eigenvalue weighted by molar-refractivity contribution is -0.104. The lowest BCUT2D eigenvalue weighted by Crippen LogP contribution is -2.29. The van der Waals surface area contributed by atoms with Gasteiger partial charge in [0, 0.05) is 26.5 Å². The van der Waals surface area contributed by atoms with Crippen LogP contribution in [-0.2, 0) is 9.53 Å². The zero-order valence-corrected chi connectivity index (χ0v) is 11.4. The van der Waals surface area contributed by atoms with Gasteiger partial charge in [0.05, 0.1) is 0 Å². The second kappa shape index (κ2) is 7.37. The van der Waals surface area contributed by atoms with Crippen molar-refractivity contribution in [2.45, 2.75) is 25.7 Å². The first kappa shape index (κ1) is 15.1. The highest BCUT2D eigenvalue weighted by molar-refractivity contribution is 6.76. The highest BCUT2D eigenvalue weighted by Crippen LogP contribution is 2.07. The van der Waals surface area contributed by atoms with Crippen LogP contribution in [-0.4, -0.2) is 32.7 Å². The van der Waals surface area contributed by atoms with Gasteiger partial charge in [0.15, 0.2) is 0 Å². The van der Waals surface area contributed by atoms with Gasteiger partial charge in [-0.2, -0.15) is 0 Å². The number of nitrogens with two attached hydrogens (primary N) is 1. The zero-order chi connectivity index (χ0) is 12.6. The predicted octanol–water partition coefficient (Wildman–Crippen LogP) is 1.74. The minimum absolute atomic E-state index is 0.327. The van der Waals surface area contributed by atoms with Crippen molar-refractivity contribution in [2.75, 3.05) is 13.3 Å². The summed E-state index contributed by atoms with van der Waals surface area (Å²) in [5, 5.41) is 1.39. The SMILES string of the molecule is C=C(C=O)/C=C\N(N)COCC[Si](C)(C)C. The van der Waals surface area contributed by atoms with Crippen molar-refractivity contribution in [1.29, 1.82) is 0 Å². The number of hydrogen-bond donors (Lipinski definition) is 1. The molecule has 0 aliphatic carbocycles. The van der Waals surface area contributed by atoms with E-state index in [1.165, 1.54) is 5.01 Å². The van der Waals surface area contributed by atoms with E-state index in [0.717, 1.165) is 12.7 Å². The molecule has 0 saturated carbocycles. The molecule has 0 unspecified atom stereocenters. The number of ether oxygens (including phenoxy) is 1. The molecular weight excluding hydrogens is 220 g/mol. The van der Waals surface area contributed by atoms with Crippen molar-refractivity contribution in [1.82, 2.24) is 5.01 Å². The first-order chi connectivity index (χ1) is 7.35. The van der Waals surface area contributed by atoms with E-state index in [1.807, 2.05) is 0 Å². The number of carbonyl (C=O) groups is 1. The van der Waals surface area contributed by atoms with Gasteiger partial charge in [0.1, 0.15) is 13.0 Å². The Morgan fingerprint density at radius 3 is 2.62 bits per heavy atom. The summed E-state index contributed by atoms with van der Waals surface area (Å²) < 4.78 is 5.40. The van der Waals surface area contributed by atoms with Gasteiger partial charge in [-0.25, -0.2) is 5.84 Å². The predicted molar refractivity (Wildman–Crippen MR) is 69.3 cm³/mol. The van der Waals surface area contributed by atoms with Crippen LogP contribution in [0.15, 0.2) is 24.4 Å². The van der Waals surface area contributed by atoms with Crippen molar-refractivity contribution >= 4 is 14.4 Å².